The Balaban J connectivity index is 3.35. The van der Waals surface area contributed by atoms with Gasteiger partial charge in [0.15, 0.2) is 0 Å². The van der Waals surface area contributed by atoms with Crippen LogP contribution in [0.2, 0.25) is 0 Å². The number of hydrogen-bond acceptors (Lipinski definition) is 2. The summed E-state index contributed by atoms with van der Waals surface area (Å²) in [6.07, 6.45) is 0. The first kappa shape index (κ1) is 8.72. The molecule has 0 bridgehead atoms. The summed E-state index contributed by atoms with van der Waals surface area (Å²) in [5.74, 6) is -0.157. The summed E-state index contributed by atoms with van der Waals surface area (Å²) >= 11 is 5.05. The molecule has 2 nitrogen and oxygen atoms in total. The van der Waals surface area contributed by atoms with E-state index in [9.17, 15) is 4.79 Å². The molecule has 0 saturated carbocycles. The Kier molecular flexibility index (Phi) is 5.71. The Hall–Kier alpha value is 1.72. The minimum absolute atomic E-state index is 0.0429. The van der Waals surface area contributed by atoms with Crippen LogP contribution in [0.3, 0.4) is 0 Å². The Bertz CT molecular complexity index is 74.1. The summed E-state index contributed by atoms with van der Waals surface area (Å²) in [5.41, 5.74) is 0. The second kappa shape index (κ2) is 4.58. The molecular weight excluding hydrogens is 437 g/mol. The van der Waals surface area contributed by atoms with Gasteiger partial charge in [-0.2, -0.15) is 0 Å². The van der Waals surface area contributed by atoms with E-state index in [1.54, 1.807) is 0 Å². The average molecular weight is 439 g/mol. The SMILES string of the molecule is O=C(O[TeH])C(I)I. The van der Waals surface area contributed by atoms with Crippen LogP contribution in [0.15, 0.2) is 0 Å². The Morgan fingerprint density at radius 1 is 1.71 bits per heavy atom. The second-order valence-corrected chi connectivity index (χ2v) is 6.11. The molecule has 0 fully saturated rings. The molecule has 42 valence electrons. The van der Waals surface area contributed by atoms with Crippen LogP contribution in [0, 0.1) is 0 Å². The van der Waals surface area contributed by atoms with E-state index >= 15 is 0 Å². The fourth-order valence-electron chi connectivity index (χ4n) is 0.0398. The van der Waals surface area contributed by atoms with E-state index in [2.05, 4.69) is 3.10 Å². The van der Waals surface area contributed by atoms with Gasteiger partial charge in [-0.25, -0.2) is 0 Å². The van der Waals surface area contributed by atoms with Gasteiger partial charge < -0.3 is 0 Å². The number of carbonyl (C=O) groups excluding carboxylic acids is 1. The fourth-order valence-corrected chi connectivity index (χ4v) is 1.79. The molecule has 0 N–H and O–H groups in total. The monoisotopic (exact) mass is 442 g/mol. The summed E-state index contributed by atoms with van der Waals surface area (Å²) in [6, 6.07) is 0. The molecule has 0 aliphatic carbocycles. The zero-order valence-electron chi connectivity index (χ0n) is 3.10. The predicted octanol–water partition coefficient (Wildman–Crippen LogP) is 0.541. The first-order valence-corrected chi connectivity index (χ1v) is 4.85. The topological polar surface area (TPSA) is 26.3 Å². The van der Waals surface area contributed by atoms with Crippen LogP contribution in [0.5, 0.6) is 0 Å². The van der Waals surface area contributed by atoms with E-state index in [-0.39, 0.29) is 7.90 Å². The third kappa shape index (κ3) is 4.24. The minimum atomic E-state index is -0.157. The van der Waals surface area contributed by atoms with Gasteiger partial charge in [0.2, 0.25) is 0 Å². The molecule has 0 saturated heterocycles. The van der Waals surface area contributed by atoms with Crippen LogP contribution >= 0.6 is 45.2 Å². The van der Waals surface area contributed by atoms with Gasteiger partial charge in [-0.1, -0.05) is 0 Å². The molecule has 0 atom stereocenters. The number of rotatable bonds is 1. The molecule has 0 amide bonds. The molecule has 0 aromatic rings. The third-order valence-electron chi connectivity index (χ3n) is 0.268. The number of halogens is 2. The first-order chi connectivity index (χ1) is 3.18. The second-order valence-electron chi connectivity index (χ2n) is 0.711. The van der Waals surface area contributed by atoms with E-state index in [0.717, 1.165) is 22.7 Å². The van der Waals surface area contributed by atoms with Crippen LogP contribution in [-0.4, -0.2) is 30.6 Å². The Morgan fingerprint density at radius 2 is 2.14 bits per heavy atom. The van der Waals surface area contributed by atoms with Crippen molar-refractivity contribution in [1.29, 1.82) is 0 Å². The van der Waals surface area contributed by atoms with Crippen molar-refractivity contribution in [2.45, 2.75) is 1.93 Å². The van der Waals surface area contributed by atoms with Gasteiger partial charge in [0.05, 0.1) is 0 Å². The maximum atomic E-state index is 10.3. The quantitative estimate of drug-likeness (QED) is 0.339. The molecule has 0 aromatic heterocycles. The maximum absolute atomic E-state index is 10.3. The normalized spacial score (nSPS) is 9.14. The standard InChI is InChI=1S/C2H2I2O2Te/c3-1(4)2(5)6-7/h1,7H. The number of carbonyl (C=O) groups is 1. The van der Waals surface area contributed by atoms with Crippen LogP contribution in [0.25, 0.3) is 0 Å². The van der Waals surface area contributed by atoms with Gasteiger partial charge >= 0.3 is 83.7 Å². The molecule has 0 aromatic carbocycles. The third-order valence-corrected chi connectivity index (χ3v) is 1.80. The van der Waals surface area contributed by atoms with E-state index in [1.807, 2.05) is 45.2 Å². The van der Waals surface area contributed by atoms with E-state index in [1.165, 1.54) is 0 Å². The van der Waals surface area contributed by atoms with Crippen molar-refractivity contribution in [3.05, 3.63) is 0 Å². The molecule has 0 radical (unpaired) electrons. The van der Waals surface area contributed by atoms with Crippen molar-refractivity contribution in [1.82, 2.24) is 0 Å². The van der Waals surface area contributed by atoms with Crippen LogP contribution in [-0.2, 0) is 7.90 Å². The van der Waals surface area contributed by atoms with Crippen molar-refractivity contribution >= 4 is 73.9 Å². The molecule has 0 spiro atoms. The molecule has 0 aliphatic rings. The molecule has 7 heavy (non-hydrogen) atoms. The summed E-state index contributed by atoms with van der Waals surface area (Å²) < 4.78 is 4.36. The molecular formula is C2H2I2O2Te. The Morgan fingerprint density at radius 3 is 2.14 bits per heavy atom. The van der Waals surface area contributed by atoms with E-state index in [4.69, 9.17) is 0 Å². The molecule has 5 heteroatoms. The fraction of sp³-hybridized carbons (Fsp3) is 0.500. The van der Waals surface area contributed by atoms with Crippen molar-refractivity contribution in [3.8, 4) is 0 Å². The van der Waals surface area contributed by atoms with Crippen molar-refractivity contribution < 1.29 is 7.90 Å². The van der Waals surface area contributed by atoms with Gasteiger partial charge in [0.1, 0.15) is 0 Å². The summed E-state index contributed by atoms with van der Waals surface area (Å²) in [7, 11) is 0. The van der Waals surface area contributed by atoms with Gasteiger partial charge in [0.25, 0.3) is 0 Å². The first-order valence-electron chi connectivity index (χ1n) is 1.32. The Labute approximate surface area is 82.5 Å². The molecule has 0 rings (SSSR count). The zero-order chi connectivity index (χ0) is 5.86. The summed E-state index contributed by atoms with van der Waals surface area (Å²) in [4.78, 5) is 10.3. The van der Waals surface area contributed by atoms with Crippen LogP contribution in [0.4, 0.5) is 0 Å². The summed E-state index contributed by atoms with van der Waals surface area (Å²) in [6.45, 7) is 0. The van der Waals surface area contributed by atoms with E-state index < -0.39 is 0 Å². The van der Waals surface area contributed by atoms with Gasteiger partial charge in [-0.3, -0.25) is 0 Å². The summed E-state index contributed by atoms with van der Waals surface area (Å²) in [5, 5.41) is 0. The van der Waals surface area contributed by atoms with Crippen molar-refractivity contribution in [2.75, 3.05) is 0 Å². The van der Waals surface area contributed by atoms with Crippen LogP contribution in [0.1, 0.15) is 0 Å². The van der Waals surface area contributed by atoms with E-state index in [0.29, 0.717) is 0 Å². The van der Waals surface area contributed by atoms with Crippen molar-refractivity contribution in [2.24, 2.45) is 0 Å². The molecule has 0 unspecified atom stereocenters. The predicted molar refractivity (Wildman–Crippen MR) is 45.1 cm³/mol. The van der Waals surface area contributed by atoms with Gasteiger partial charge in [-0.05, 0) is 0 Å². The average Bonchev–Trinajstić information content (AvgIpc) is 1.65. The number of hydrogen-bond donors (Lipinski definition) is 0. The van der Waals surface area contributed by atoms with Crippen LogP contribution < -0.4 is 0 Å². The molecule has 0 aliphatic heterocycles. The zero-order valence-corrected chi connectivity index (χ0v) is 9.96. The van der Waals surface area contributed by atoms with Crippen molar-refractivity contribution in [3.63, 3.8) is 0 Å². The van der Waals surface area contributed by atoms with Gasteiger partial charge in [0, 0.05) is 0 Å². The van der Waals surface area contributed by atoms with Gasteiger partial charge in [-0.15, -0.1) is 0 Å². The molecule has 0 heterocycles. The number of alkyl halides is 2.